The Hall–Kier alpha value is -1.30. The molecule has 0 saturated carbocycles. The predicted molar refractivity (Wildman–Crippen MR) is 65.4 cm³/mol. The lowest BCUT2D eigenvalue weighted by atomic mass is 9.84. The van der Waals surface area contributed by atoms with E-state index in [1.54, 1.807) is 13.8 Å². The van der Waals surface area contributed by atoms with Gasteiger partial charge < -0.3 is 14.2 Å². The smallest absolute Gasteiger partial charge is 0.321 e. The fraction of sp³-hybridized carbons (Fsp3) is 0.750. The fourth-order valence-corrected chi connectivity index (χ4v) is 2.26. The first-order chi connectivity index (χ1) is 9.06. The van der Waals surface area contributed by atoms with Crippen LogP contribution in [-0.2, 0) is 28.6 Å². The number of hydrogen-bond donors (Lipinski definition) is 0. The minimum absolute atomic E-state index is 0.0995. The molecule has 0 aromatic carbocycles. The van der Waals surface area contributed by atoms with Gasteiger partial charge in [-0.3, -0.25) is 14.4 Å². The van der Waals surface area contributed by atoms with Gasteiger partial charge in [0.1, 0.15) is 0 Å². The van der Waals surface area contributed by atoms with E-state index in [0.29, 0.717) is 0 Å². The van der Waals surface area contributed by atoms with E-state index in [0.717, 1.165) is 0 Å². The van der Waals surface area contributed by atoms with Crippen LogP contribution in [0.4, 0.5) is 0 Å². The van der Waals surface area contributed by atoms with Gasteiger partial charge in [0.2, 0.25) is 0 Å². The van der Waals surface area contributed by atoms with Crippen molar-refractivity contribution >= 4 is 29.5 Å². The monoisotopic (exact) mass is 292 g/mol. The van der Waals surface area contributed by atoms with Crippen molar-refractivity contribution < 1.29 is 28.6 Å². The van der Waals surface area contributed by atoms with Crippen molar-refractivity contribution in [2.75, 3.05) is 25.7 Å². The molecule has 6 nitrogen and oxygen atoms in total. The average Bonchev–Trinajstić information content (AvgIpc) is 2.72. The van der Waals surface area contributed by atoms with Gasteiger partial charge in [0.25, 0.3) is 0 Å². The van der Waals surface area contributed by atoms with Gasteiger partial charge in [0.15, 0.2) is 5.92 Å². The summed E-state index contributed by atoms with van der Waals surface area (Å²) >= 11 is 5.74. The molecule has 0 amide bonds. The number of carbonyl (C=O) groups excluding carboxylic acids is 3. The van der Waals surface area contributed by atoms with Crippen molar-refractivity contribution in [3.63, 3.8) is 0 Å². The second-order valence-corrected chi connectivity index (χ2v) is 4.36. The topological polar surface area (TPSA) is 78.9 Å². The van der Waals surface area contributed by atoms with Crippen LogP contribution in [0.3, 0.4) is 0 Å². The van der Waals surface area contributed by atoms with Crippen LogP contribution in [0.1, 0.15) is 13.8 Å². The van der Waals surface area contributed by atoms with E-state index in [-0.39, 0.29) is 25.7 Å². The molecule has 1 rings (SSSR count). The molecule has 2 atom stereocenters. The van der Waals surface area contributed by atoms with Crippen LogP contribution in [0.25, 0.3) is 0 Å². The Morgan fingerprint density at radius 2 is 1.84 bits per heavy atom. The highest BCUT2D eigenvalue weighted by Crippen LogP contribution is 2.32. The standard InChI is InChI=1S/C12H17ClO6/c1-3-17-11(15)9(12(16)18-4-2)8-7(5-13)6-19-10(8)14/h7-9H,3-6H2,1-2H3/t7-,8-/m1/s1. The first-order valence-corrected chi connectivity index (χ1v) is 6.66. The lowest BCUT2D eigenvalue weighted by Crippen LogP contribution is -2.39. The maximum Gasteiger partial charge on any atom is 0.321 e. The highest BCUT2D eigenvalue weighted by Gasteiger charge is 2.50. The van der Waals surface area contributed by atoms with E-state index >= 15 is 0 Å². The third-order valence-electron chi connectivity index (χ3n) is 2.86. The SMILES string of the molecule is CCOC(=O)C(C(=O)OCC)[C@@H]1C(=O)OC[C@H]1CCl. The van der Waals surface area contributed by atoms with E-state index in [1.807, 2.05) is 0 Å². The minimum atomic E-state index is -1.31. The summed E-state index contributed by atoms with van der Waals surface area (Å²) < 4.78 is 14.5. The van der Waals surface area contributed by atoms with Crippen LogP contribution >= 0.6 is 11.6 Å². The average molecular weight is 293 g/mol. The van der Waals surface area contributed by atoms with Crippen molar-refractivity contribution in [1.29, 1.82) is 0 Å². The van der Waals surface area contributed by atoms with Crippen LogP contribution < -0.4 is 0 Å². The maximum atomic E-state index is 11.9. The summed E-state index contributed by atoms with van der Waals surface area (Å²) in [5.41, 5.74) is 0. The zero-order valence-corrected chi connectivity index (χ0v) is 11.6. The van der Waals surface area contributed by atoms with Gasteiger partial charge in [-0.1, -0.05) is 0 Å². The Kier molecular flexibility index (Phi) is 6.08. The molecule has 19 heavy (non-hydrogen) atoms. The largest absolute Gasteiger partial charge is 0.465 e. The summed E-state index contributed by atoms with van der Waals surface area (Å²) in [6.07, 6.45) is 0. The Balaban J connectivity index is 2.97. The molecule has 7 heteroatoms. The quantitative estimate of drug-likeness (QED) is 0.311. The summed E-state index contributed by atoms with van der Waals surface area (Å²) in [5, 5.41) is 0. The molecule has 0 aliphatic carbocycles. The molecule has 1 heterocycles. The molecule has 1 aliphatic heterocycles. The summed E-state index contributed by atoms with van der Waals surface area (Å²) in [4.78, 5) is 35.5. The third-order valence-corrected chi connectivity index (χ3v) is 3.25. The number of ether oxygens (including phenoxy) is 3. The number of alkyl halides is 1. The van der Waals surface area contributed by atoms with Crippen LogP contribution in [-0.4, -0.2) is 43.6 Å². The second-order valence-electron chi connectivity index (χ2n) is 4.05. The summed E-state index contributed by atoms with van der Waals surface area (Å²) in [6, 6.07) is 0. The molecule has 0 aromatic heterocycles. The lowest BCUT2D eigenvalue weighted by molar-refractivity contribution is -0.168. The summed E-state index contributed by atoms with van der Waals surface area (Å²) in [6.45, 7) is 3.56. The highest BCUT2D eigenvalue weighted by atomic mass is 35.5. The molecular formula is C12H17ClO6. The van der Waals surface area contributed by atoms with Gasteiger partial charge in [-0.15, -0.1) is 11.6 Å². The Morgan fingerprint density at radius 3 is 2.26 bits per heavy atom. The molecule has 0 unspecified atom stereocenters. The van der Waals surface area contributed by atoms with Gasteiger partial charge in [-0.2, -0.15) is 0 Å². The molecule has 1 aliphatic rings. The van der Waals surface area contributed by atoms with Crippen molar-refractivity contribution in [2.24, 2.45) is 17.8 Å². The first-order valence-electron chi connectivity index (χ1n) is 6.12. The van der Waals surface area contributed by atoms with Crippen LogP contribution in [0, 0.1) is 17.8 Å². The molecular weight excluding hydrogens is 276 g/mol. The van der Waals surface area contributed by atoms with Crippen LogP contribution in [0.2, 0.25) is 0 Å². The zero-order valence-electron chi connectivity index (χ0n) is 10.9. The molecule has 0 radical (unpaired) electrons. The Morgan fingerprint density at radius 1 is 1.32 bits per heavy atom. The van der Waals surface area contributed by atoms with Crippen LogP contribution in [0.5, 0.6) is 0 Å². The second kappa shape index (κ2) is 7.33. The number of halogens is 1. The molecule has 0 bridgehead atoms. The summed E-state index contributed by atoms with van der Waals surface area (Å²) in [7, 11) is 0. The third kappa shape index (κ3) is 3.59. The van der Waals surface area contributed by atoms with Crippen molar-refractivity contribution in [1.82, 2.24) is 0 Å². The Labute approximate surface area is 116 Å². The van der Waals surface area contributed by atoms with Crippen LogP contribution in [0.15, 0.2) is 0 Å². The highest BCUT2D eigenvalue weighted by molar-refractivity contribution is 6.18. The number of carbonyl (C=O) groups is 3. The van der Waals surface area contributed by atoms with E-state index in [2.05, 4.69) is 0 Å². The fourth-order valence-electron chi connectivity index (χ4n) is 1.98. The predicted octanol–water partition coefficient (Wildman–Crippen LogP) is 0.757. The molecule has 1 fully saturated rings. The van der Waals surface area contributed by atoms with E-state index in [4.69, 9.17) is 25.8 Å². The van der Waals surface area contributed by atoms with E-state index < -0.39 is 35.7 Å². The van der Waals surface area contributed by atoms with Gasteiger partial charge in [0, 0.05) is 11.8 Å². The van der Waals surface area contributed by atoms with Gasteiger partial charge in [-0.25, -0.2) is 0 Å². The number of cyclic esters (lactones) is 1. The molecule has 1 saturated heterocycles. The zero-order chi connectivity index (χ0) is 14.4. The van der Waals surface area contributed by atoms with Crippen molar-refractivity contribution in [3.8, 4) is 0 Å². The Bertz CT molecular complexity index is 338. The molecule has 0 aromatic rings. The minimum Gasteiger partial charge on any atom is -0.465 e. The van der Waals surface area contributed by atoms with E-state index in [1.165, 1.54) is 0 Å². The maximum absolute atomic E-state index is 11.9. The number of esters is 3. The number of rotatable bonds is 6. The lowest BCUT2D eigenvalue weighted by Gasteiger charge is -2.20. The molecule has 0 N–H and O–H groups in total. The van der Waals surface area contributed by atoms with Gasteiger partial charge >= 0.3 is 17.9 Å². The van der Waals surface area contributed by atoms with Gasteiger partial charge in [-0.05, 0) is 13.8 Å². The van der Waals surface area contributed by atoms with Gasteiger partial charge in [0.05, 0.1) is 25.7 Å². The molecule has 108 valence electrons. The number of hydrogen-bond acceptors (Lipinski definition) is 6. The summed E-state index contributed by atoms with van der Waals surface area (Å²) in [5.74, 6) is -4.69. The molecule has 0 spiro atoms. The van der Waals surface area contributed by atoms with Crippen molar-refractivity contribution in [2.45, 2.75) is 13.8 Å². The van der Waals surface area contributed by atoms with E-state index in [9.17, 15) is 14.4 Å². The first kappa shape index (κ1) is 15.8. The van der Waals surface area contributed by atoms with Crippen molar-refractivity contribution in [3.05, 3.63) is 0 Å². The normalized spacial score (nSPS) is 22.2.